The summed E-state index contributed by atoms with van der Waals surface area (Å²) in [6.45, 7) is 0. The lowest BCUT2D eigenvalue weighted by Crippen LogP contribution is -2.14. The van der Waals surface area contributed by atoms with Gasteiger partial charge in [-0.1, -0.05) is 6.07 Å². The molecular weight excluding hydrogens is 342 g/mol. The predicted molar refractivity (Wildman–Crippen MR) is 107 cm³/mol. The maximum atomic E-state index is 12.3. The highest BCUT2D eigenvalue weighted by molar-refractivity contribution is 6.02. The zero-order valence-corrected chi connectivity index (χ0v) is 15.4. The van der Waals surface area contributed by atoms with Gasteiger partial charge in [-0.25, -0.2) is 0 Å². The molecule has 0 spiro atoms. The molecule has 0 aliphatic rings. The standard InChI is InChI=1S/C20H21N5O2/c1-25(2)16-9-7-14(8-10-16)21-19-12-11-18(23-24-19)20(26)22-15-5-4-6-17(13-15)27-3/h4-13H,1-3H3,(H,21,24)(H,22,26). The number of methoxy groups -OCH3 is 1. The molecule has 1 aromatic heterocycles. The van der Waals surface area contributed by atoms with E-state index >= 15 is 0 Å². The first-order valence-electron chi connectivity index (χ1n) is 8.39. The van der Waals surface area contributed by atoms with Gasteiger partial charge in [-0.05, 0) is 48.5 Å². The Bertz CT molecular complexity index is 908. The third-order valence-corrected chi connectivity index (χ3v) is 3.88. The molecule has 0 radical (unpaired) electrons. The fourth-order valence-electron chi connectivity index (χ4n) is 2.41. The maximum absolute atomic E-state index is 12.3. The summed E-state index contributed by atoms with van der Waals surface area (Å²) in [4.78, 5) is 14.3. The van der Waals surface area contributed by atoms with E-state index < -0.39 is 0 Å². The molecule has 1 heterocycles. The number of ether oxygens (including phenoxy) is 1. The van der Waals surface area contributed by atoms with E-state index in [1.165, 1.54) is 0 Å². The van der Waals surface area contributed by atoms with Gasteiger partial charge in [0.1, 0.15) is 5.75 Å². The van der Waals surface area contributed by atoms with Crippen molar-refractivity contribution in [2.24, 2.45) is 0 Å². The molecule has 2 N–H and O–H groups in total. The number of nitrogens with zero attached hydrogens (tertiary/aromatic N) is 3. The first-order valence-corrected chi connectivity index (χ1v) is 8.39. The molecule has 0 unspecified atom stereocenters. The number of anilines is 4. The molecule has 27 heavy (non-hydrogen) atoms. The van der Waals surface area contributed by atoms with Crippen molar-refractivity contribution in [1.82, 2.24) is 10.2 Å². The van der Waals surface area contributed by atoms with Gasteiger partial charge in [-0.2, -0.15) is 0 Å². The fourth-order valence-corrected chi connectivity index (χ4v) is 2.41. The molecule has 0 saturated carbocycles. The zero-order valence-electron chi connectivity index (χ0n) is 15.4. The number of hydrogen-bond donors (Lipinski definition) is 2. The van der Waals surface area contributed by atoms with E-state index in [2.05, 4.69) is 20.8 Å². The quantitative estimate of drug-likeness (QED) is 0.697. The van der Waals surface area contributed by atoms with Gasteiger partial charge >= 0.3 is 0 Å². The number of hydrogen-bond acceptors (Lipinski definition) is 6. The van der Waals surface area contributed by atoms with Crippen LogP contribution in [0, 0.1) is 0 Å². The van der Waals surface area contributed by atoms with E-state index in [9.17, 15) is 4.79 Å². The third kappa shape index (κ3) is 4.72. The molecule has 3 rings (SSSR count). The van der Waals surface area contributed by atoms with Crippen LogP contribution in [0.25, 0.3) is 0 Å². The zero-order chi connectivity index (χ0) is 19.2. The highest BCUT2D eigenvalue weighted by atomic mass is 16.5. The maximum Gasteiger partial charge on any atom is 0.276 e. The first kappa shape index (κ1) is 18.2. The van der Waals surface area contributed by atoms with Gasteiger partial charge in [0, 0.05) is 37.2 Å². The Morgan fingerprint density at radius 2 is 1.74 bits per heavy atom. The van der Waals surface area contributed by atoms with Gasteiger partial charge in [0.2, 0.25) is 0 Å². The van der Waals surface area contributed by atoms with Crippen molar-refractivity contribution in [3.8, 4) is 5.75 Å². The fraction of sp³-hybridized carbons (Fsp3) is 0.150. The monoisotopic (exact) mass is 363 g/mol. The van der Waals surface area contributed by atoms with E-state index in [1.807, 2.05) is 43.3 Å². The summed E-state index contributed by atoms with van der Waals surface area (Å²) in [5, 5.41) is 14.0. The number of amides is 1. The second kappa shape index (κ2) is 8.18. The molecule has 3 aromatic rings. The summed E-state index contributed by atoms with van der Waals surface area (Å²) in [6.07, 6.45) is 0. The Morgan fingerprint density at radius 1 is 0.963 bits per heavy atom. The molecular formula is C20H21N5O2. The lowest BCUT2D eigenvalue weighted by molar-refractivity contribution is 0.102. The van der Waals surface area contributed by atoms with E-state index in [0.29, 0.717) is 17.3 Å². The Balaban J connectivity index is 1.64. The van der Waals surface area contributed by atoms with Crippen LogP contribution in [0.2, 0.25) is 0 Å². The van der Waals surface area contributed by atoms with Crippen molar-refractivity contribution in [3.63, 3.8) is 0 Å². The van der Waals surface area contributed by atoms with Crippen LogP contribution in [0.3, 0.4) is 0 Å². The van der Waals surface area contributed by atoms with Gasteiger partial charge in [0.25, 0.3) is 5.91 Å². The number of nitrogens with one attached hydrogen (secondary N) is 2. The van der Waals surface area contributed by atoms with E-state index in [-0.39, 0.29) is 11.6 Å². The molecule has 2 aromatic carbocycles. The van der Waals surface area contributed by atoms with Crippen LogP contribution in [-0.4, -0.2) is 37.3 Å². The Kier molecular flexibility index (Phi) is 5.51. The van der Waals surface area contributed by atoms with Crippen LogP contribution in [0.4, 0.5) is 22.9 Å². The van der Waals surface area contributed by atoms with Crippen LogP contribution in [0.15, 0.2) is 60.7 Å². The van der Waals surface area contributed by atoms with Gasteiger partial charge in [-0.15, -0.1) is 10.2 Å². The molecule has 138 valence electrons. The summed E-state index contributed by atoms with van der Waals surface area (Å²) in [5.41, 5.74) is 2.86. The average Bonchev–Trinajstić information content (AvgIpc) is 2.69. The van der Waals surface area contributed by atoms with Crippen molar-refractivity contribution in [2.75, 3.05) is 36.7 Å². The van der Waals surface area contributed by atoms with Crippen molar-refractivity contribution in [1.29, 1.82) is 0 Å². The smallest absolute Gasteiger partial charge is 0.276 e. The molecule has 0 saturated heterocycles. The van der Waals surface area contributed by atoms with E-state index in [0.717, 1.165) is 11.4 Å². The minimum atomic E-state index is -0.336. The predicted octanol–water partition coefficient (Wildman–Crippen LogP) is 3.55. The lowest BCUT2D eigenvalue weighted by Gasteiger charge is -2.13. The van der Waals surface area contributed by atoms with Gasteiger partial charge < -0.3 is 20.3 Å². The number of carbonyl (C=O) groups excluding carboxylic acids is 1. The Labute approximate surface area is 158 Å². The van der Waals surface area contributed by atoms with Crippen LogP contribution < -0.4 is 20.3 Å². The summed E-state index contributed by atoms with van der Waals surface area (Å²) in [5.74, 6) is 0.891. The number of rotatable bonds is 6. The summed E-state index contributed by atoms with van der Waals surface area (Å²) in [7, 11) is 5.55. The Morgan fingerprint density at radius 3 is 2.37 bits per heavy atom. The molecule has 0 aliphatic heterocycles. The SMILES string of the molecule is COc1cccc(NC(=O)c2ccc(Nc3ccc(N(C)C)cc3)nn2)c1. The van der Waals surface area contributed by atoms with Crippen molar-refractivity contribution >= 4 is 28.8 Å². The van der Waals surface area contributed by atoms with Gasteiger partial charge in [0.15, 0.2) is 11.5 Å². The largest absolute Gasteiger partial charge is 0.497 e. The number of benzene rings is 2. The van der Waals surface area contributed by atoms with Crippen LogP contribution >= 0.6 is 0 Å². The summed E-state index contributed by atoms with van der Waals surface area (Å²) >= 11 is 0. The molecule has 7 heteroatoms. The second-order valence-electron chi connectivity index (χ2n) is 6.06. The average molecular weight is 363 g/mol. The Hall–Kier alpha value is -3.61. The number of carbonyl (C=O) groups is 1. The minimum Gasteiger partial charge on any atom is -0.497 e. The van der Waals surface area contributed by atoms with Crippen LogP contribution in [0.5, 0.6) is 5.75 Å². The minimum absolute atomic E-state index is 0.228. The lowest BCUT2D eigenvalue weighted by atomic mass is 10.2. The highest BCUT2D eigenvalue weighted by Gasteiger charge is 2.09. The topological polar surface area (TPSA) is 79.4 Å². The van der Waals surface area contributed by atoms with Crippen LogP contribution in [0.1, 0.15) is 10.5 Å². The van der Waals surface area contributed by atoms with Crippen molar-refractivity contribution in [2.45, 2.75) is 0 Å². The summed E-state index contributed by atoms with van der Waals surface area (Å²) < 4.78 is 5.14. The normalized spacial score (nSPS) is 10.2. The first-order chi connectivity index (χ1) is 13.0. The molecule has 7 nitrogen and oxygen atoms in total. The van der Waals surface area contributed by atoms with E-state index in [4.69, 9.17) is 4.74 Å². The molecule has 0 atom stereocenters. The second-order valence-corrected chi connectivity index (χ2v) is 6.06. The van der Waals surface area contributed by atoms with E-state index in [1.54, 1.807) is 43.5 Å². The molecule has 0 fully saturated rings. The molecule has 1 amide bonds. The van der Waals surface area contributed by atoms with Gasteiger partial charge in [-0.3, -0.25) is 4.79 Å². The van der Waals surface area contributed by atoms with Crippen molar-refractivity contribution in [3.05, 3.63) is 66.4 Å². The number of aromatic nitrogens is 2. The third-order valence-electron chi connectivity index (χ3n) is 3.88. The van der Waals surface area contributed by atoms with Crippen molar-refractivity contribution < 1.29 is 9.53 Å². The molecule has 0 aliphatic carbocycles. The summed E-state index contributed by atoms with van der Waals surface area (Å²) in [6, 6.07) is 18.4. The highest BCUT2D eigenvalue weighted by Crippen LogP contribution is 2.19. The molecule has 0 bridgehead atoms. The van der Waals surface area contributed by atoms with Crippen LogP contribution in [-0.2, 0) is 0 Å². The van der Waals surface area contributed by atoms with Gasteiger partial charge in [0.05, 0.1) is 7.11 Å².